The molecule has 4 N–H and O–H groups in total. The van der Waals surface area contributed by atoms with Gasteiger partial charge in [0.25, 0.3) is 5.91 Å². The second-order valence-corrected chi connectivity index (χ2v) is 8.65. The zero-order chi connectivity index (χ0) is 24.5. The summed E-state index contributed by atoms with van der Waals surface area (Å²) in [4.78, 5) is 24.6. The number of ether oxygens (including phenoxy) is 2. The number of nitrogens with two attached hydrogens (primary N) is 1. The summed E-state index contributed by atoms with van der Waals surface area (Å²) >= 11 is 6.06. The van der Waals surface area contributed by atoms with Crippen molar-refractivity contribution < 1.29 is 23.8 Å². The Labute approximate surface area is 200 Å². The maximum atomic E-state index is 11.9. The molecule has 0 aliphatic rings. The van der Waals surface area contributed by atoms with E-state index in [1.807, 2.05) is 13.0 Å². The summed E-state index contributed by atoms with van der Waals surface area (Å²) in [6, 6.07) is 8.35. The van der Waals surface area contributed by atoms with Crippen molar-refractivity contribution in [2.75, 3.05) is 18.5 Å². The standard InChI is InChI=1S/C23H24ClN5O5/c1-4-9-26-19-18-12-5-8-16(27-13(12)6-7-14(18)33-20(19)21(25)30)34-17-10-15(24)28-22(29-17)32-11-23(2,3)31/h5-8,10,26,31H,4,9,11H2,1-3H3,(H2,25,30). The highest BCUT2D eigenvalue weighted by Crippen LogP contribution is 2.37. The molecule has 0 atom stereocenters. The van der Waals surface area contributed by atoms with Crippen LogP contribution in [0, 0.1) is 0 Å². The number of aliphatic hydroxyl groups is 1. The maximum absolute atomic E-state index is 11.9. The topological polar surface area (TPSA) is 146 Å². The van der Waals surface area contributed by atoms with Crippen LogP contribution in [0.5, 0.6) is 17.8 Å². The number of pyridine rings is 1. The Morgan fingerprint density at radius 2 is 2.00 bits per heavy atom. The summed E-state index contributed by atoms with van der Waals surface area (Å²) in [6.07, 6.45) is 0.856. The van der Waals surface area contributed by atoms with Crippen LogP contribution in [-0.2, 0) is 0 Å². The number of fused-ring (bicyclic) bond motifs is 3. The summed E-state index contributed by atoms with van der Waals surface area (Å²) in [7, 11) is 0. The molecule has 0 fully saturated rings. The fourth-order valence-corrected chi connectivity index (χ4v) is 3.44. The Morgan fingerprint density at radius 3 is 2.71 bits per heavy atom. The zero-order valence-corrected chi connectivity index (χ0v) is 19.6. The van der Waals surface area contributed by atoms with Crippen LogP contribution in [0.15, 0.2) is 34.7 Å². The molecule has 0 aliphatic heterocycles. The molecule has 34 heavy (non-hydrogen) atoms. The van der Waals surface area contributed by atoms with E-state index in [0.29, 0.717) is 28.7 Å². The Kier molecular flexibility index (Phi) is 6.45. The third kappa shape index (κ3) is 5.13. The molecule has 0 aliphatic carbocycles. The number of halogens is 1. The summed E-state index contributed by atoms with van der Waals surface area (Å²) in [5.41, 5.74) is 6.13. The Bertz CT molecular complexity index is 1370. The van der Waals surface area contributed by atoms with Gasteiger partial charge in [0.05, 0.1) is 22.2 Å². The Hall–Kier alpha value is -3.63. The van der Waals surface area contributed by atoms with E-state index in [0.717, 1.165) is 11.8 Å². The van der Waals surface area contributed by atoms with Gasteiger partial charge in [-0.3, -0.25) is 4.79 Å². The van der Waals surface area contributed by atoms with Crippen molar-refractivity contribution >= 4 is 45.1 Å². The van der Waals surface area contributed by atoms with E-state index < -0.39 is 11.5 Å². The van der Waals surface area contributed by atoms with Crippen LogP contribution in [0.4, 0.5) is 5.69 Å². The maximum Gasteiger partial charge on any atom is 0.321 e. The number of primary amides is 1. The molecular weight excluding hydrogens is 462 g/mol. The number of hydrogen-bond donors (Lipinski definition) is 3. The molecule has 0 unspecified atom stereocenters. The average molecular weight is 486 g/mol. The average Bonchev–Trinajstić information content (AvgIpc) is 3.14. The first-order valence-electron chi connectivity index (χ1n) is 10.6. The lowest BCUT2D eigenvalue weighted by Crippen LogP contribution is -2.28. The van der Waals surface area contributed by atoms with Crippen molar-refractivity contribution in [2.24, 2.45) is 5.73 Å². The van der Waals surface area contributed by atoms with E-state index in [2.05, 4.69) is 20.3 Å². The largest absolute Gasteiger partial charge is 0.460 e. The van der Waals surface area contributed by atoms with Crippen molar-refractivity contribution in [3.05, 3.63) is 41.2 Å². The van der Waals surface area contributed by atoms with Crippen LogP contribution in [0.25, 0.3) is 21.9 Å². The molecule has 0 saturated carbocycles. The first kappa shape index (κ1) is 23.5. The first-order valence-corrected chi connectivity index (χ1v) is 11.0. The van der Waals surface area contributed by atoms with Crippen LogP contribution < -0.4 is 20.5 Å². The number of rotatable bonds is 9. The van der Waals surface area contributed by atoms with Gasteiger partial charge in [-0.2, -0.15) is 9.97 Å². The summed E-state index contributed by atoms with van der Waals surface area (Å²) in [6.45, 7) is 5.83. The van der Waals surface area contributed by atoms with Crippen molar-refractivity contribution in [3.8, 4) is 17.8 Å². The number of hydrogen-bond acceptors (Lipinski definition) is 9. The number of nitrogens with one attached hydrogen (secondary N) is 1. The lowest BCUT2D eigenvalue weighted by molar-refractivity contribution is 0.0248. The smallest absolute Gasteiger partial charge is 0.321 e. The molecule has 11 heteroatoms. The zero-order valence-electron chi connectivity index (χ0n) is 18.9. The number of carbonyl (C=O) groups is 1. The molecule has 4 rings (SSSR count). The molecular formula is C23H24ClN5O5. The molecule has 0 radical (unpaired) electrons. The van der Waals surface area contributed by atoms with Gasteiger partial charge in [0.15, 0.2) is 0 Å². The van der Waals surface area contributed by atoms with Gasteiger partial charge in [-0.15, -0.1) is 0 Å². The van der Waals surface area contributed by atoms with Gasteiger partial charge >= 0.3 is 6.01 Å². The Morgan fingerprint density at radius 1 is 1.21 bits per heavy atom. The second-order valence-electron chi connectivity index (χ2n) is 8.27. The van der Waals surface area contributed by atoms with E-state index in [9.17, 15) is 9.90 Å². The lowest BCUT2D eigenvalue weighted by Gasteiger charge is -2.16. The number of furan rings is 1. The van der Waals surface area contributed by atoms with Crippen LogP contribution in [0.3, 0.4) is 0 Å². The molecule has 10 nitrogen and oxygen atoms in total. The van der Waals surface area contributed by atoms with E-state index in [4.69, 9.17) is 31.2 Å². The fraction of sp³-hybridized carbons (Fsp3) is 0.304. The molecule has 4 aromatic rings. The summed E-state index contributed by atoms with van der Waals surface area (Å²) in [5, 5.41) is 14.7. The SMILES string of the molecule is CCCNc1c(C(N)=O)oc2ccc3nc(Oc4cc(Cl)nc(OCC(C)(C)O)n4)ccc3c12. The minimum atomic E-state index is -1.07. The first-order chi connectivity index (χ1) is 16.1. The number of aromatic nitrogens is 3. The molecule has 1 aromatic carbocycles. The second kappa shape index (κ2) is 9.32. The van der Waals surface area contributed by atoms with Crippen LogP contribution in [0.2, 0.25) is 5.15 Å². The van der Waals surface area contributed by atoms with Gasteiger partial charge in [0.2, 0.25) is 17.5 Å². The monoisotopic (exact) mass is 485 g/mol. The van der Waals surface area contributed by atoms with Crippen molar-refractivity contribution in [2.45, 2.75) is 32.8 Å². The molecule has 3 heterocycles. The van der Waals surface area contributed by atoms with Gasteiger partial charge in [0, 0.05) is 24.1 Å². The highest BCUT2D eigenvalue weighted by atomic mass is 35.5. The van der Waals surface area contributed by atoms with Gasteiger partial charge in [-0.25, -0.2) is 4.98 Å². The summed E-state index contributed by atoms with van der Waals surface area (Å²) < 4.78 is 16.9. The predicted octanol–water partition coefficient (Wildman–Crippen LogP) is 4.29. The number of anilines is 1. The molecule has 0 saturated heterocycles. The van der Waals surface area contributed by atoms with Gasteiger partial charge in [-0.1, -0.05) is 18.5 Å². The lowest BCUT2D eigenvalue weighted by atomic mass is 10.1. The number of amides is 1. The van der Waals surface area contributed by atoms with Crippen LogP contribution in [-0.4, -0.2) is 44.7 Å². The molecule has 0 spiro atoms. The number of nitrogens with zero attached hydrogens (tertiary/aromatic N) is 3. The van der Waals surface area contributed by atoms with E-state index >= 15 is 0 Å². The number of carbonyl (C=O) groups excluding carboxylic acids is 1. The van der Waals surface area contributed by atoms with Gasteiger partial charge in [0.1, 0.15) is 17.3 Å². The van der Waals surface area contributed by atoms with Crippen molar-refractivity contribution in [1.29, 1.82) is 0 Å². The molecule has 0 bridgehead atoms. The van der Waals surface area contributed by atoms with Crippen molar-refractivity contribution in [1.82, 2.24) is 15.0 Å². The normalized spacial score (nSPS) is 11.7. The third-order valence-electron chi connectivity index (χ3n) is 4.69. The van der Waals surface area contributed by atoms with Gasteiger partial charge in [-0.05, 0) is 38.5 Å². The number of benzene rings is 1. The minimum absolute atomic E-state index is 0.0244. The Balaban J connectivity index is 1.69. The molecule has 3 aromatic heterocycles. The van der Waals surface area contributed by atoms with Gasteiger partial charge < -0.3 is 30.0 Å². The van der Waals surface area contributed by atoms with E-state index in [1.165, 1.54) is 6.07 Å². The quantitative estimate of drug-likeness (QED) is 0.295. The minimum Gasteiger partial charge on any atom is -0.460 e. The molecule has 178 valence electrons. The van der Waals surface area contributed by atoms with Crippen LogP contribution >= 0.6 is 11.6 Å². The summed E-state index contributed by atoms with van der Waals surface area (Å²) in [5.74, 6) is -0.190. The van der Waals surface area contributed by atoms with Crippen LogP contribution in [0.1, 0.15) is 37.7 Å². The van der Waals surface area contributed by atoms with Crippen molar-refractivity contribution in [3.63, 3.8) is 0 Å². The highest BCUT2D eigenvalue weighted by molar-refractivity contribution is 6.29. The third-order valence-corrected chi connectivity index (χ3v) is 4.88. The van der Waals surface area contributed by atoms with E-state index in [-0.39, 0.29) is 35.3 Å². The highest BCUT2D eigenvalue weighted by Gasteiger charge is 2.21. The fourth-order valence-electron chi connectivity index (χ4n) is 3.27. The molecule has 1 amide bonds. The van der Waals surface area contributed by atoms with E-state index in [1.54, 1.807) is 32.0 Å². The predicted molar refractivity (Wildman–Crippen MR) is 128 cm³/mol.